The summed E-state index contributed by atoms with van der Waals surface area (Å²) in [6.07, 6.45) is 3.57. The van der Waals surface area contributed by atoms with Gasteiger partial charge in [-0.3, -0.25) is 4.79 Å². The van der Waals surface area contributed by atoms with E-state index in [1.807, 2.05) is 0 Å². The predicted molar refractivity (Wildman–Crippen MR) is 48.9 cm³/mol. The van der Waals surface area contributed by atoms with E-state index in [-0.39, 0.29) is 18.5 Å². The van der Waals surface area contributed by atoms with Crippen molar-refractivity contribution in [3.63, 3.8) is 0 Å². The third-order valence-electron chi connectivity index (χ3n) is 2.66. The molecule has 0 aliphatic heterocycles. The molecular weight excluding hydrogens is 171 g/mol. The highest BCUT2D eigenvalue weighted by Gasteiger charge is 2.23. The number of primary amides is 1. The lowest BCUT2D eigenvalue weighted by Gasteiger charge is -2.27. The van der Waals surface area contributed by atoms with Crippen LogP contribution in [0.3, 0.4) is 0 Å². The normalized spacial score (nSPS) is 28.7. The molecule has 0 aromatic carbocycles. The largest absolute Gasteiger partial charge is 0.369 e. The van der Waals surface area contributed by atoms with Crippen LogP contribution in [-0.2, 0) is 4.79 Å². The van der Waals surface area contributed by atoms with Gasteiger partial charge in [0.15, 0.2) is 0 Å². The Morgan fingerprint density at radius 1 is 1.38 bits per heavy atom. The third-order valence-corrected chi connectivity index (χ3v) is 2.66. The topological polar surface area (TPSA) is 55.1 Å². The van der Waals surface area contributed by atoms with Crippen LogP contribution in [-0.4, -0.2) is 25.2 Å². The van der Waals surface area contributed by atoms with Crippen LogP contribution in [0.5, 0.6) is 0 Å². The molecule has 4 heteroatoms. The molecule has 76 valence electrons. The Bertz CT molecular complexity index is 167. The molecule has 1 aliphatic rings. The van der Waals surface area contributed by atoms with Gasteiger partial charge in [0.2, 0.25) is 5.91 Å². The zero-order chi connectivity index (χ0) is 9.68. The van der Waals surface area contributed by atoms with Crippen LogP contribution in [0.25, 0.3) is 0 Å². The Morgan fingerprint density at radius 2 is 2.00 bits per heavy atom. The van der Waals surface area contributed by atoms with E-state index in [9.17, 15) is 9.18 Å². The van der Waals surface area contributed by atoms with Crippen LogP contribution in [0.15, 0.2) is 0 Å². The molecule has 1 aliphatic carbocycles. The van der Waals surface area contributed by atoms with E-state index < -0.39 is 0 Å². The summed E-state index contributed by atoms with van der Waals surface area (Å²) in [7, 11) is 0. The maximum absolute atomic E-state index is 11.8. The second kappa shape index (κ2) is 5.17. The Labute approximate surface area is 77.9 Å². The van der Waals surface area contributed by atoms with Crippen molar-refractivity contribution in [2.75, 3.05) is 13.2 Å². The number of halogens is 1. The summed E-state index contributed by atoms with van der Waals surface area (Å²) in [6.45, 7) is 0.0989. The summed E-state index contributed by atoms with van der Waals surface area (Å²) in [5.74, 6) is -0.146. The van der Waals surface area contributed by atoms with Crippen molar-refractivity contribution in [1.29, 1.82) is 0 Å². The second-order valence-electron chi connectivity index (χ2n) is 3.59. The molecule has 0 atom stereocenters. The molecule has 0 unspecified atom stereocenters. The van der Waals surface area contributed by atoms with Gasteiger partial charge in [0, 0.05) is 18.5 Å². The fraction of sp³-hybridized carbons (Fsp3) is 0.889. The lowest BCUT2D eigenvalue weighted by atomic mass is 9.86. The number of amides is 1. The number of nitrogens with one attached hydrogen (secondary N) is 1. The maximum Gasteiger partial charge on any atom is 0.220 e. The molecule has 0 spiro atoms. The van der Waals surface area contributed by atoms with Crippen LogP contribution in [0.1, 0.15) is 25.7 Å². The van der Waals surface area contributed by atoms with Crippen LogP contribution >= 0.6 is 0 Å². The molecule has 0 radical (unpaired) electrons. The molecule has 1 saturated carbocycles. The van der Waals surface area contributed by atoms with E-state index in [0.717, 1.165) is 25.7 Å². The molecule has 1 amide bonds. The first-order chi connectivity index (χ1) is 6.24. The molecule has 0 aromatic heterocycles. The molecule has 13 heavy (non-hydrogen) atoms. The minimum absolute atomic E-state index is 0.0448. The van der Waals surface area contributed by atoms with Gasteiger partial charge in [-0.1, -0.05) is 0 Å². The average molecular weight is 188 g/mol. The first-order valence-corrected chi connectivity index (χ1v) is 4.82. The molecular formula is C9H17FN2O. The average Bonchev–Trinajstić information content (AvgIpc) is 2.15. The number of alkyl halides is 1. The molecule has 3 nitrogen and oxygen atoms in total. The summed E-state index contributed by atoms with van der Waals surface area (Å²) < 4.78 is 11.8. The van der Waals surface area contributed by atoms with Gasteiger partial charge in [-0.2, -0.15) is 0 Å². The monoisotopic (exact) mass is 188 g/mol. The van der Waals surface area contributed by atoms with Gasteiger partial charge >= 0.3 is 0 Å². The van der Waals surface area contributed by atoms with Crippen molar-refractivity contribution in [2.45, 2.75) is 31.7 Å². The van der Waals surface area contributed by atoms with E-state index in [0.29, 0.717) is 12.6 Å². The van der Waals surface area contributed by atoms with E-state index in [1.165, 1.54) is 0 Å². The first-order valence-electron chi connectivity index (χ1n) is 4.82. The van der Waals surface area contributed by atoms with E-state index >= 15 is 0 Å². The van der Waals surface area contributed by atoms with E-state index in [1.54, 1.807) is 0 Å². The standard InChI is InChI=1S/C9H17FN2O/c10-5-6-12-8-3-1-7(2-4-8)9(11)13/h7-8,12H,1-6H2,(H2,11,13). The van der Waals surface area contributed by atoms with Gasteiger partial charge in [-0.15, -0.1) is 0 Å². The highest BCUT2D eigenvalue weighted by atomic mass is 19.1. The van der Waals surface area contributed by atoms with Gasteiger partial charge in [0.05, 0.1) is 0 Å². The summed E-state index contributed by atoms with van der Waals surface area (Å²) in [6, 6.07) is 0.381. The Morgan fingerprint density at radius 3 is 2.46 bits per heavy atom. The SMILES string of the molecule is NC(=O)C1CCC(NCCF)CC1. The number of carbonyl (C=O) groups excluding carboxylic acids is 1. The summed E-state index contributed by atoms with van der Waals surface area (Å²) in [4.78, 5) is 10.8. The molecule has 0 bridgehead atoms. The third kappa shape index (κ3) is 3.30. The minimum Gasteiger partial charge on any atom is -0.369 e. The molecule has 1 rings (SSSR count). The van der Waals surface area contributed by atoms with Crippen LogP contribution in [0.4, 0.5) is 4.39 Å². The van der Waals surface area contributed by atoms with Gasteiger partial charge in [-0.05, 0) is 25.7 Å². The second-order valence-corrected chi connectivity index (χ2v) is 3.59. The number of rotatable bonds is 4. The first kappa shape index (κ1) is 10.4. The van der Waals surface area contributed by atoms with Crippen molar-refractivity contribution in [3.05, 3.63) is 0 Å². The fourth-order valence-corrected chi connectivity index (χ4v) is 1.84. The molecule has 0 heterocycles. The van der Waals surface area contributed by atoms with Gasteiger partial charge in [0.1, 0.15) is 6.67 Å². The number of hydrogen-bond donors (Lipinski definition) is 2. The Hall–Kier alpha value is -0.640. The van der Waals surface area contributed by atoms with Crippen molar-refractivity contribution in [1.82, 2.24) is 5.32 Å². The lowest BCUT2D eigenvalue weighted by Crippen LogP contribution is -2.37. The van der Waals surface area contributed by atoms with E-state index in [4.69, 9.17) is 5.73 Å². The van der Waals surface area contributed by atoms with Crippen molar-refractivity contribution in [3.8, 4) is 0 Å². The van der Waals surface area contributed by atoms with Crippen molar-refractivity contribution >= 4 is 5.91 Å². The van der Waals surface area contributed by atoms with E-state index in [2.05, 4.69) is 5.32 Å². The van der Waals surface area contributed by atoms with Crippen molar-refractivity contribution < 1.29 is 9.18 Å². The summed E-state index contributed by atoms with van der Waals surface area (Å²) in [5, 5.41) is 3.10. The van der Waals surface area contributed by atoms with Crippen LogP contribution in [0.2, 0.25) is 0 Å². The predicted octanol–water partition coefficient (Wildman–Crippen LogP) is 0.590. The van der Waals surface area contributed by atoms with Crippen LogP contribution in [0, 0.1) is 5.92 Å². The Kier molecular flexibility index (Phi) is 4.15. The smallest absolute Gasteiger partial charge is 0.220 e. The number of carbonyl (C=O) groups is 1. The molecule has 0 saturated heterocycles. The fourth-order valence-electron chi connectivity index (χ4n) is 1.84. The summed E-state index contributed by atoms with van der Waals surface area (Å²) in [5.41, 5.74) is 5.19. The Balaban J connectivity index is 2.18. The maximum atomic E-state index is 11.8. The quantitative estimate of drug-likeness (QED) is 0.678. The molecule has 1 fully saturated rings. The summed E-state index contributed by atoms with van der Waals surface area (Å²) >= 11 is 0. The highest BCUT2D eigenvalue weighted by Crippen LogP contribution is 2.23. The lowest BCUT2D eigenvalue weighted by molar-refractivity contribution is -0.122. The van der Waals surface area contributed by atoms with Crippen molar-refractivity contribution in [2.24, 2.45) is 11.7 Å². The zero-order valence-electron chi connectivity index (χ0n) is 7.76. The van der Waals surface area contributed by atoms with Crippen LogP contribution < -0.4 is 11.1 Å². The molecule has 3 N–H and O–H groups in total. The molecule has 0 aromatic rings. The highest BCUT2D eigenvalue weighted by molar-refractivity contribution is 5.76. The van der Waals surface area contributed by atoms with Gasteiger partial charge < -0.3 is 11.1 Å². The van der Waals surface area contributed by atoms with Gasteiger partial charge in [0.25, 0.3) is 0 Å². The number of nitrogens with two attached hydrogens (primary N) is 1. The minimum atomic E-state index is -0.324. The zero-order valence-corrected chi connectivity index (χ0v) is 7.76. The number of hydrogen-bond acceptors (Lipinski definition) is 2. The van der Waals surface area contributed by atoms with Gasteiger partial charge in [-0.25, -0.2) is 4.39 Å².